The lowest BCUT2D eigenvalue weighted by molar-refractivity contribution is -0.142. The Balaban J connectivity index is 1.79. The molecule has 1 fully saturated rings. The van der Waals surface area contributed by atoms with Crippen LogP contribution in [0.2, 0.25) is 0 Å². The van der Waals surface area contributed by atoms with Gasteiger partial charge in [-0.15, -0.1) is 23.5 Å². The van der Waals surface area contributed by atoms with Gasteiger partial charge in [-0.2, -0.15) is 0 Å². The van der Waals surface area contributed by atoms with Crippen molar-refractivity contribution in [3.8, 4) is 5.75 Å². The van der Waals surface area contributed by atoms with Crippen molar-refractivity contribution in [3.05, 3.63) is 29.8 Å². The van der Waals surface area contributed by atoms with E-state index in [4.69, 9.17) is 9.84 Å². The van der Waals surface area contributed by atoms with Crippen molar-refractivity contribution in [2.24, 2.45) is 0 Å². The maximum Gasteiger partial charge on any atom is 0.326 e. The number of unbranched alkanes of at least 4 members (excludes halogenated alkanes) is 1. The van der Waals surface area contributed by atoms with Gasteiger partial charge in [0.1, 0.15) is 11.8 Å². The van der Waals surface area contributed by atoms with Crippen molar-refractivity contribution in [3.63, 3.8) is 0 Å². The molecule has 0 bridgehead atoms. The van der Waals surface area contributed by atoms with Gasteiger partial charge in [-0.1, -0.05) is 31.9 Å². The van der Waals surface area contributed by atoms with Gasteiger partial charge in [-0.3, -0.25) is 4.79 Å². The maximum atomic E-state index is 11.9. The van der Waals surface area contributed by atoms with E-state index in [1.807, 2.05) is 54.7 Å². The lowest BCUT2D eigenvalue weighted by Gasteiger charge is -2.21. The molecule has 1 amide bonds. The first-order valence-electron chi connectivity index (χ1n) is 8.58. The summed E-state index contributed by atoms with van der Waals surface area (Å²) >= 11 is 3.92. The largest absolute Gasteiger partial charge is 0.484 e. The minimum Gasteiger partial charge on any atom is -0.484 e. The van der Waals surface area contributed by atoms with Crippen LogP contribution in [0.4, 0.5) is 0 Å². The highest BCUT2D eigenvalue weighted by molar-refractivity contribution is 8.16. The Bertz CT molecular complexity index is 559. The van der Waals surface area contributed by atoms with E-state index < -0.39 is 17.9 Å². The quantitative estimate of drug-likeness (QED) is 0.677. The molecule has 1 heterocycles. The summed E-state index contributed by atoms with van der Waals surface area (Å²) in [4.78, 5) is 23.0. The van der Waals surface area contributed by atoms with Gasteiger partial charge >= 0.3 is 5.97 Å². The van der Waals surface area contributed by atoms with E-state index in [0.717, 1.165) is 12.8 Å². The fourth-order valence-electron chi connectivity index (χ4n) is 2.45. The molecule has 1 saturated heterocycles. The van der Waals surface area contributed by atoms with Gasteiger partial charge < -0.3 is 15.2 Å². The fraction of sp³-hybridized carbons (Fsp3) is 0.556. The number of carboxylic acids is 1. The third-order valence-electron chi connectivity index (χ3n) is 3.83. The van der Waals surface area contributed by atoms with Crippen LogP contribution in [-0.4, -0.2) is 41.1 Å². The molecule has 1 aliphatic heterocycles. The van der Waals surface area contributed by atoms with Crippen molar-refractivity contribution in [1.82, 2.24) is 5.32 Å². The summed E-state index contributed by atoms with van der Waals surface area (Å²) in [7, 11) is 0. The number of nitrogens with one attached hydrogen (secondary N) is 1. The molecular weight excluding hydrogens is 358 g/mol. The molecule has 5 nitrogen and oxygen atoms in total. The average molecular weight is 384 g/mol. The number of carbonyl (C=O) groups excluding carboxylic acids is 1. The van der Waals surface area contributed by atoms with Crippen LogP contribution in [0.5, 0.6) is 5.75 Å². The molecule has 0 saturated carbocycles. The molecule has 25 heavy (non-hydrogen) atoms. The number of carboxylic acid groups (broad SMARTS) is 1. The molecule has 1 aliphatic rings. The number of thioether (sulfide) groups is 2. The molecule has 2 N–H and O–H groups in total. The second-order valence-corrected chi connectivity index (χ2v) is 8.61. The van der Waals surface area contributed by atoms with Crippen LogP contribution >= 0.6 is 23.5 Å². The minimum absolute atomic E-state index is 0.178. The molecule has 1 aromatic rings. The van der Waals surface area contributed by atoms with Crippen LogP contribution in [0.25, 0.3) is 0 Å². The number of hydrogen-bond donors (Lipinski definition) is 2. The summed E-state index contributed by atoms with van der Waals surface area (Å²) in [5, 5.41) is 11.6. The topological polar surface area (TPSA) is 75.6 Å². The van der Waals surface area contributed by atoms with Crippen LogP contribution in [0, 0.1) is 0 Å². The van der Waals surface area contributed by atoms with E-state index in [1.54, 1.807) is 0 Å². The summed E-state index contributed by atoms with van der Waals surface area (Å²) in [6.45, 7) is 1.81. The Labute approximate surface area is 157 Å². The van der Waals surface area contributed by atoms with Gasteiger partial charge in [-0.25, -0.2) is 4.79 Å². The van der Waals surface area contributed by atoms with Crippen LogP contribution in [0.1, 0.15) is 42.8 Å². The van der Waals surface area contributed by atoms with Gasteiger partial charge in [0.2, 0.25) is 0 Å². The molecule has 0 spiro atoms. The summed E-state index contributed by atoms with van der Waals surface area (Å²) in [6, 6.07) is 6.95. The molecule has 1 aromatic carbocycles. The third kappa shape index (κ3) is 6.82. The summed E-state index contributed by atoms with van der Waals surface area (Å²) in [6.07, 6.45) is 3.34. The number of rotatable bonds is 9. The summed E-state index contributed by atoms with van der Waals surface area (Å²) in [5.74, 6) is 1.59. The third-order valence-corrected chi connectivity index (χ3v) is 6.84. The lowest BCUT2D eigenvalue weighted by atomic mass is 10.1. The predicted octanol–water partition coefficient (Wildman–Crippen LogP) is 3.69. The number of ether oxygens (including phenoxy) is 1. The minimum atomic E-state index is -1.01. The van der Waals surface area contributed by atoms with Crippen molar-refractivity contribution in [2.75, 3.05) is 18.1 Å². The lowest BCUT2D eigenvalue weighted by Crippen LogP contribution is -2.42. The van der Waals surface area contributed by atoms with E-state index in [9.17, 15) is 9.59 Å². The first-order chi connectivity index (χ1) is 12.1. The Morgan fingerprint density at radius 2 is 1.96 bits per heavy atom. The number of hydrogen-bond acceptors (Lipinski definition) is 5. The van der Waals surface area contributed by atoms with Crippen molar-refractivity contribution in [1.29, 1.82) is 0 Å². The molecule has 0 radical (unpaired) electrons. The van der Waals surface area contributed by atoms with Crippen molar-refractivity contribution in [2.45, 2.75) is 43.2 Å². The Hall–Kier alpha value is -1.34. The second-order valence-electron chi connectivity index (χ2n) is 5.89. The number of benzene rings is 1. The molecule has 7 heteroatoms. The predicted molar refractivity (Wildman–Crippen MR) is 103 cm³/mol. The van der Waals surface area contributed by atoms with Crippen LogP contribution in [-0.2, 0) is 9.59 Å². The second kappa shape index (κ2) is 10.6. The highest BCUT2D eigenvalue weighted by Crippen LogP contribution is 2.43. The molecule has 1 unspecified atom stereocenters. The van der Waals surface area contributed by atoms with Crippen molar-refractivity contribution < 1.29 is 19.4 Å². The Morgan fingerprint density at radius 1 is 1.28 bits per heavy atom. The average Bonchev–Trinajstić information content (AvgIpc) is 2.64. The van der Waals surface area contributed by atoms with E-state index in [0.29, 0.717) is 16.8 Å². The van der Waals surface area contributed by atoms with E-state index in [-0.39, 0.29) is 6.61 Å². The van der Waals surface area contributed by atoms with Gasteiger partial charge in [0.15, 0.2) is 6.61 Å². The standard InChI is InChI=1S/C18H25NO4S2/c1-2-3-5-15(17(21)22)19-16(20)12-23-14-8-6-13(7-9-14)18-24-10-4-11-25-18/h6-9,15,18H,2-5,10-12H2,1H3,(H,19,20)(H,21,22). The number of carbonyl (C=O) groups is 2. The highest BCUT2D eigenvalue weighted by Gasteiger charge is 2.19. The normalized spacial score (nSPS) is 16.2. The van der Waals surface area contributed by atoms with Gasteiger partial charge in [0.25, 0.3) is 5.91 Å². The molecule has 0 aliphatic carbocycles. The zero-order valence-electron chi connectivity index (χ0n) is 14.4. The molecular formula is C18H25NO4S2. The first kappa shape index (κ1) is 20.0. The summed E-state index contributed by atoms with van der Waals surface area (Å²) < 4.78 is 5.95. The first-order valence-corrected chi connectivity index (χ1v) is 10.7. The smallest absolute Gasteiger partial charge is 0.326 e. The molecule has 2 rings (SSSR count). The van der Waals surface area contributed by atoms with E-state index in [1.165, 1.54) is 23.5 Å². The van der Waals surface area contributed by atoms with E-state index in [2.05, 4.69) is 5.32 Å². The zero-order chi connectivity index (χ0) is 18.1. The van der Waals surface area contributed by atoms with Crippen LogP contribution in [0.15, 0.2) is 24.3 Å². The van der Waals surface area contributed by atoms with Crippen LogP contribution in [0.3, 0.4) is 0 Å². The number of amides is 1. The number of aliphatic carboxylic acids is 1. The van der Waals surface area contributed by atoms with Gasteiger partial charge in [0, 0.05) is 0 Å². The molecule has 138 valence electrons. The molecule has 0 aromatic heterocycles. The molecule has 1 atom stereocenters. The van der Waals surface area contributed by atoms with E-state index >= 15 is 0 Å². The van der Waals surface area contributed by atoms with Crippen LogP contribution < -0.4 is 10.1 Å². The summed E-state index contributed by atoms with van der Waals surface area (Å²) in [5.41, 5.74) is 1.26. The monoisotopic (exact) mass is 383 g/mol. The van der Waals surface area contributed by atoms with Gasteiger partial charge in [0.05, 0.1) is 4.58 Å². The zero-order valence-corrected chi connectivity index (χ0v) is 16.0. The van der Waals surface area contributed by atoms with Crippen molar-refractivity contribution >= 4 is 35.4 Å². The highest BCUT2D eigenvalue weighted by atomic mass is 32.2. The SMILES string of the molecule is CCCCC(NC(=O)COc1ccc(C2SCCCS2)cc1)C(=O)O. The fourth-order valence-corrected chi connectivity index (χ4v) is 5.35. The maximum absolute atomic E-state index is 11.9. The Kier molecular flexibility index (Phi) is 8.48. The van der Waals surface area contributed by atoms with Gasteiger partial charge in [-0.05, 0) is 42.0 Å². The Morgan fingerprint density at radius 3 is 2.56 bits per heavy atom.